The Morgan fingerprint density at radius 3 is 2.42 bits per heavy atom. The number of phosphoric acid groups is 1. The number of amides is 1. The predicted molar refractivity (Wildman–Crippen MR) is 102 cm³/mol. The quantitative estimate of drug-likeness (QED) is 0.237. The predicted octanol–water partition coefficient (Wildman–Crippen LogP) is -4.51. The third-order valence-corrected chi connectivity index (χ3v) is 4.62. The molecule has 0 radical (unpaired) electrons. The SMILES string of the molecule is CCNC(=O)c1noc(-c2cc(C(C)C)c(OP(=O)([O-])[O-])cc2O)c1-c1noc(C)n1.[Na+].[Na+]. The topological polar surface area (TPSA) is 187 Å². The number of phenolic OH excluding ortho intramolecular Hbond substituents is 1. The van der Waals surface area contributed by atoms with Crippen molar-refractivity contribution in [1.29, 1.82) is 0 Å². The van der Waals surface area contributed by atoms with Crippen LogP contribution in [0, 0.1) is 6.92 Å². The van der Waals surface area contributed by atoms with Gasteiger partial charge in [0.15, 0.2) is 11.5 Å². The van der Waals surface area contributed by atoms with E-state index in [0.29, 0.717) is 12.1 Å². The third-order valence-electron chi connectivity index (χ3n) is 4.20. The van der Waals surface area contributed by atoms with Crippen molar-refractivity contribution in [3.63, 3.8) is 0 Å². The van der Waals surface area contributed by atoms with Gasteiger partial charge in [-0.05, 0) is 24.5 Å². The van der Waals surface area contributed by atoms with Crippen LogP contribution in [0.15, 0.2) is 21.2 Å². The molecule has 33 heavy (non-hydrogen) atoms. The average Bonchev–Trinajstić information content (AvgIpc) is 3.26. The Balaban J connectivity index is 0.00000272. The summed E-state index contributed by atoms with van der Waals surface area (Å²) in [6.07, 6.45) is 0. The van der Waals surface area contributed by atoms with Gasteiger partial charge in [-0.3, -0.25) is 4.79 Å². The number of nitrogens with zero attached hydrogens (tertiary/aromatic N) is 3. The minimum atomic E-state index is -5.36. The second-order valence-corrected chi connectivity index (χ2v) is 7.91. The number of hydrogen-bond donors (Lipinski definition) is 2. The van der Waals surface area contributed by atoms with Crippen LogP contribution in [0.2, 0.25) is 0 Å². The minimum Gasteiger partial charge on any atom is -0.780 e. The fourth-order valence-electron chi connectivity index (χ4n) is 2.90. The zero-order chi connectivity index (χ0) is 22.9. The zero-order valence-electron chi connectivity index (χ0n) is 19.0. The molecule has 2 aromatic heterocycles. The molecule has 0 fully saturated rings. The van der Waals surface area contributed by atoms with Crippen molar-refractivity contribution >= 4 is 13.7 Å². The molecule has 0 unspecified atom stereocenters. The van der Waals surface area contributed by atoms with E-state index in [2.05, 4.69) is 25.1 Å². The van der Waals surface area contributed by atoms with Crippen molar-refractivity contribution < 1.29 is 96.9 Å². The number of phenols is 1. The molecule has 1 amide bonds. The van der Waals surface area contributed by atoms with E-state index in [1.807, 2.05) is 0 Å². The third kappa shape index (κ3) is 6.91. The summed E-state index contributed by atoms with van der Waals surface area (Å²) in [7, 11) is -5.36. The van der Waals surface area contributed by atoms with Crippen molar-refractivity contribution in [3.8, 4) is 34.2 Å². The van der Waals surface area contributed by atoms with Crippen LogP contribution >= 0.6 is 7.82 Å². The summed E-state index contributed by atoms with van der Waals surface area (Å²) in [6, 6.07) is 2.36. The van der Waals surface area contributed by atoms with Crippen molar-refractivity contribution in [2.45, 2.75) is 33.6 Å². The van der Waals surface area contributed by atoms with Crippen LogP contribution in [0.3, 0.4) is 0 Å². The van der Waals surface area contributed by atoms with Crippen LogP contribution in [0.1, 0.15) is 48.6 Å². The minimum absolute atomic E-state index is 0. The Morgan fingerprint density at radius 1 is 1.24 bits per heavy atom. The van der Waals surface area contributed by atoms with E-state index in [9.17, 15) is 24.3 Å². The number of nitrogens with one attached hydrogen (secondary N) is 1. The second kappa shape index (κ2) is 12.0. The fourth-order valence-corrected chi connectivity index (χ4v) is 3.30. The largest absolute Gasteiger partial charge is 1.00 e. The van der Waals surface area contributed by atoms with Gasteiger partial charge in [0.2, 0.25) is 11.7 Å². The van der Waals surface area contributed by atoms with Gasteiger partial charge in [-0.15, -0.1) is 0 Å². The van der Waals surface area contributed by atoms with Crippen molar-refractivity contribution in [1.82, 2.24) is 20.6 Å². The van der Waals surface area contributed by atoms with E-state index in [1.165, 1.54) is 6.07 Å². The Labute approximate surface area is 233 Å². The van der Waals surface area contributed by atoms with E-state index in [0.717, 1.165) is 6.07 Å². The van der Waals surface area contributed by atoms with Crippen LogP contribution in [-0.2, 0) is 4.57 Å². The summed E-state index contributed by atoms with van der Waals surface area (Å²) in [4.78, 5) is 38.8. The van der Waals surface area contributed by atoms with E-state index in [4.69, 9.17) is 9.05 Å². The molecular formula is C18H19N4Na2O8P. The first-order valence-electron chi connectivity index (χ1n) is 9.19. The molecule has 0 saturated heterocycles. The van der Waals surface area contributed by atoms with E-state index >= 15 is 0 Å². The Bertz CT molecular complexity index is 1170. The van der Waals surface area contributed by atoms with Gasteiger partial charge in [-0.2, -0.15) is 4.98 Å². The van der Waals surface area contributed by atoms with E-state index < -0.39 is 19.5 Å². The first-order valence-corrected chi connectivity index (χ1v) is 10.6. The number of phosphoric ester groups is 1. The summed E-state index contributed by atoms with van der Waals surface area (Å²) >= 11 is 0. The molecule has 3 aromatic rings. The van der Waals surface area contributed by atoms with Crippen molar-refractivity contribution in [2.24, 2.45) is 0 Å². The number of aromatic hydroxyl groups is 1. The molecule has 1 aromatic carbocycles. The van der Waals surface area contributed by atoms with Gasteiger partial charge in [-0.1, -0.05) is 24.2 Å². The molecule has 0 aliphatic heterocycles. The van der Waals surface area contributed by atoms with Crippen LogP contribution in [0.4, 0.5) is 0 Å². The number of benzene rings is 1. The summed E-state index contributed by atoms with van der Waals surface area (Å²) in [5.41, 5.74) is 0.293. The van der Waals surface area contributed by atoms with Gasteiger partial charge in [0, 0.05) is 19.5 Å². The number of aromatic nitrogens is 3. The molecule has 0 bridgehead atoms. The molecule has 2 N–H and O–H groups in total. The number of carbonyl (C=O) groups is 1. The number of rotatable bonds is 7. The fraction of sp³-hybridized carbons (Fsp3) is 0.333. The molecule has 0 aliphatic rings. The molecule has 15 heteroatoms. The molecule has 12 nitrogen and oxygen atoms in total. The summed E-state index contributed by atoms with van der Waals surface area (Å²) < 4.78 is 25.9. The Morgan fingerprint density at radius 2 is 1.91 bits per heavy atom. The maximum absolute atomic E-state index is 12.5. The zero-order valence-corrected chi connectivity index (χ0v) is 23.9. The summed E-state index contributed by atoms with van der Waals surface area (Å²) in [6.45, 7) is 7.06. The van der Waals surface area contributed by atoms with Crippen LogP contribution < -0.4 is 78.7 Å². The van der Waals surface area contributed by atoms with Crippen molar-refractivity contribution in [3.05, 3.63) is 29.3 Å². The maximum atomic E-state index is 12.5. The van der Waals surface area contributed by atoms with Gasteiger partial charge in [-0.25, -0.2) is 0 Å². The Kier molecular flexibility index (Phi) is 10.8. The van der Waals surface area contributed by atoms with Gasteiger partial charge < -0.3 is 38.3 Å². The van der Waals surface area contributed by atoms with E-state index in [-0.39, 0.29) is 105 Å². The van der Waals surface area contributed by atoms with Crippen molar-refractivity contribution in [2.75, 3.05) is 6.54 Å². The van der Waals surface area contributed by atoms with Crippen LogP contribution in [0.5, 0.6) is 11.5 Å². The molecule has 0 spiro atoms. The number of carbonyl (C=O) groups excluding carboxylic acids is 1. The number of aryl methyl sites for hydroxylation is 1. The molecule has 166 valence electrons. The molecule has 3 rings (SSSR count). The summed E-state index contributed by atoms with van der Waals surface area (Å²) in [5.74, 6) is -1.48. The smallest absolute Gasteiger partial charge is 0.780 e. The Hall–Kier alpha value is -1.21. The molecule has 0 atom stereocenters. The van der Waals surface area contributed by atoms with Gasteiger partial charge in [0.05, 0.1) is 5.56 Å². The summed E-state index contributed by atoms with van der Waals surface area (Å²) in [5, 5.41) is 20.7. The molecular weight excluding hydrogens is 477 g/mol. The first-order chi connectivity index (χ1) is 14.5. The van der Waals surface area contributed by atoms with Gasteiger partial charge >= 0.3 is 59.1 Å². The maximum Gasteiger partial charge on any atom is 1.00 e. The van der Waals surface area contributed by atoms with E-state index in [1.54, 1.807) is 27.7 Å². The van der Waals surface area contributed by atoms with Crippen LogP contribution in [-0.4, -0.2) is 32.9 Å². The average molecular weight is 496 g/mol. The van der Waals surface area contributed by atoms with Gasteiger partial charge in [0.1, 0.15) is 24.9 Å². The standard InChI is InChI=1S/C18H21N4O8P.2Na/c1-5-19-18(24)15-14(17-20-9(4)28-22-17)16(29-21-15)11-6-10(8(2)3)13(7-12(11)23)30-31(25,26)27;;/h6-8,23H,5H2,1-4H3,(H,19,24)(H2,25,26,27);;/q;2*+1/p-2. The van der Waals surface area contributed by atoms with Crippen LogP contribution in [0.25, 0.3) is 22.7 Å². The second-order valence-electron chi connectivity index (χ2n) is 6.83. The number of hydrogen-bond acceptors (Lipinski definition) is 11. The monoisotopic (exact) mass is 496 g/mol. The molecule has 0 saturated carbocycles. The van der Waals surface area contributed by atoms with Gasteiger partial charge in [0.25, 0.3) is 5.91 Å². The molecule has 0 aliphatic carbocycles. The molecule has 2 heterocycles. The first kappa shape index (κ1) is 29.8. The normalized spacial score (nSPS) is 11.0.